The number of rotatable bonds is 7. The highest BCUT2D eigenvalue weighted by molar-refractivity contribution is 6.30. The third-order valence-electron chi connectivity index (χ3n) is 2.43. The minimum Gasteiger partial charge on any atom is -0.466 e. The maximum atomic E-state index is 11.3. The van der Waals surface area contributed by atoms with Crippen LogP contribution in [-0.4, -0.2) is 25.9 Å². The van der Waals surface area contributed by atoms with Gasteiger partial charge in [-0.1, -0.05) is 23.7 Å². The molecule has 0 saturated heterocycles. The molecule has 0 radical (unpaired) electrons. The smallest absolute Gasteiger partial charge is 0.332 e. The summed E-state index contributed by atoms with van der Waals surface area (Å²) in [6.07, 6.45) is 3.44. The molecule has 0 aliphatic carbocycles. The molecule has 0 unspecified atom stereocenters. The van der Waals surface area contributed by atoms with Crippen LogP contribution in [0, 0.1) is 0 Å². The molecule has 0 saturated carbocycles. The van der Waals surface area contributed by atoms with E-state index in [1.807, 2.05) is 12.1 Å². The van der Waals surface area contributed by atoms with Crippen molar-refractivity contribution >= 4 is 29.6 Å². The fraction of sp³-hybridized carbons (Fsp3) is 0.286. The van der Waals surface area contributed by atoms with Gasteiger partial charge in [0.2, 0.25) is 0 Å². The van der Waals surface area contributed by atoms with Crippen LogP contribution in [-0.2, 0) is 14.3 Å². The Bertz CT molecular complexity index is 454. The van der Waals surface area contributed by atoms with Gasteiger partial charge >= 0.3 is 5.97 Å². The summed E-state index contributed by atoms with van der Waals surface area (Å²) in [6, 6.07) is 7.11. The Morgan fingerprint density at radius 3 is 2.63 bits per heavy atom. The Balaban J connectivity index is 2.79. The first-order chi connectivity index (χ1) is 9.17. The van der Waals surface area contributed by atoms with Crippen LogP contribution in [0.4, 0.5) is 0 Å². The number of aldehydes is 1. The predicted molar refractivity (Wildman–Crippen MR) is 74.7 cm³/mol. The largest absolute Gasteiger partial charge is 0.466 e. The van der Waals surface area contributed by atoms with Crippen molar-refractivity contribution in [2.45, 2.75) is 12.8 Å². The predicted octanol–water partition coefficient (Wildman–Crippen LogP) is 2.42. The zero-order valence-electron chi connectivity index (χ0n) is 10.7. The van der Waals surface area contributed by atoms with Gasteiger partial charge in [-0.3, -0.25) is 0 Å². The number of ether oxygens (including phenoxy) is 1. The zero-order valence-corrected chi connectivity index (χ0v) is 11.4. The molecule has 102 valence electrons. The first kappa shape index (κ1) is 15.2. The van der Waals surface area contributed by atoms with Crippen LogP contribution in [0.15, 0.2) is 30.3 Å². The van der Waals surface area contributed by atoms with E-state index in [0.717, 1.165) is 11.8 Å². The third kappa shape index (κ3) is 5.57. The number of carbonyl (C=O) groups excluding carboxylic acids is 2. The maximum absolute atomic E-state index is 11.3. The topological polar surface area (TPSA) is 55.4 Å². The molecule has 1 N–H and O–H groups in total. The van der Waals surface area contributed by atoms with E-state index < -0.39 is 5.97 Å². The average Bonchev–Trinajstić information content (AvgIpc) is 2.43. The molecule has 5 heteroatoms. The van der Waals surface area contributed by atoms with E-state index in [-0.39, 0.29) is 0 Å². The minimum absolute atomic E-state index is 0.437. The van der Waals surface area contributed by atoms with E-state index in [1.165, 1.54) is 13.2 Å². The summed E-state index contributed by atoms with van der Waals surface area (Å²) in [5.41, 5.74) is 1.48. The summed E-state index contributed by atoms with van der Waals surface area (Å²) in [6.45, 7) is 0.601. The van der Waals surface area contributed by atoms with Gasteiger partial charge in [-0.15, -0.1) is 0 Å². The van der Waals surface area contributed by atoms with Gasteiger partial charge in [0.25, 0.3) is 0 Å². The monoisotopic (exact) mass is 281 g/mol. The summed E-state index contributed by atoms with van der Waals surface area (Å²) in [5.74, 6) is -0.437. The fourth-order valence-corrected chi connectivity index (χ4v) is 1.58. The normalized spacial score (nSPS) is 10.9. The second-order valence-electron chi connectivity index (χ2n) is 3.82. The van der Waals surface area contributed by atoms with Crippen LogP contribution in [0.25, 0.3) is 5.70 Å². The summed E-state index contributed by atoms with van der Waals surface area (Å²) in [5, 5.41) is 3.74. The van der Waals surface area contributed by atoms with Gasteiger partial charge in [-0.25, -0.2) is 4.79 Å². The Labute approximate surface area is 117 Å². The Morgan fingerprint density at radius 1 is 1.37 bits per heavy atom. The second-order valence-corrected chi connectivity index (χ2v) is 4.26. The Kier molecular flexibility index (Phi) is 6.68. The van der Waals surface area contributed by atoms with Crippen LogP contribution < -0.4 is 5.32 Å². The lowest BCUT2D eigenvalue weighted by Gasteiger charge is -2.10. The van der Waals surface area contributed by atoms with Gasteiger partial charge in [0, 0.05) is 29.8 Å². The number of benzene rings is 1. The molecule has 4 nitrogen and oxygen atoms in total. The summed E-state index contributed by atoms with van der Waals surface area (Å²) in [7, 11) is 1.32. The number of hydrogen-bond acceptors (Lipinski definition) is 4. The van der Waals surface area contributed by atoms with Crippen molar-refractivity contribution in [1.29, 1.82) is 0 Å². The molecule has 0 aromatic heterocycles. The summed E-state index contributed by atoms with van der Waals surface area (Å²) >= 11 is 5.82. The number of unbranched alkanes of at least 4 members (excludes halogenated alkanes) is 1. The molecule has 19 heavy (non-hydrogen) atoms. The first-order valence-corrected chi connectivity index (χ1v) is 6.28. The van der Waals surface area contributed by atoms with E-state index in [2.05, 4.69) is 10.1 Å². The molecular formula is C14H16ClNO3. The molecule has 0 aliphatic heterocycles. The Morgan fingerprint density at radius 2 is 2.05 bits per heavy atom. The number of carbonyl (C=O) groups is 2. The lowest BCUT2D eigenvalue weighted by Crippen LogP contribution is -2.15. The lowest BCUT2D eigenvalue weighted by molar-refractivity contribution is -0.134. The molecule has 0 heterocycles. The number of nitrogens with one attached hydrogen (secondary N) is 1. The minimum atomic E-state index is -0.437. The fourth-order valence-electron chi connectivity index (χ4n) is 1.45. The standard InChI is InChI=1S/C14H16ClNO3/c1-19-14(18)10-13(16-8-2-3-9-17)11-4-6-12(15)7-5-11/h4-7,9-10,16H,2-3,8H2,1H3/b13-10-. The van der Waals surface area contributed by atoms with Crippen molar-refractivity contribution in [2.75, 3.05) is 13.7 Å². The summed E-state index contributed by atoms with van der Waals surface area (Å²) in [4.78, 5) is 21.6. The van der Waals surface area contributed by atoms with E-state index in [1.54, 1.807) is 12.1 Å². The zero-order chi connectivity index (χ0) is 14.1. The number of methoxy groups -OCH3 is 1. The molecular weight excluding hydrogens is 266 g/mol. The van der Waals surface area contributed by atoms with Crippen LogP contribution in [0.3, 0.4) is 0 Å². The molecule has 0 atom stereocenters. The maximum Gasteiger partial charge on any atom is 0.332 e. The van der Waals surface area contributed by atoms with E-state index in [0.29, 0.717) is 30.1 Å². The molecule has 1 rings (SSSR count). The molecule has 0 bridgehead atoms. The van der Waals surface area contributed by atoms with E-state index in [4.69, 9.17) is 11.6 Å². The number of esters is 1. The van der Waals surface area contributed by atoms with Gasteiger partial charge in [-0.05, 0) is 24.1 Å². The van der Waals surface area contributed by atoms with Crippen LogP contribution in [0.5, 0.6) is 0 Å². The Hall–Kier alpha value is -1.81. The highest BCUT2D eigenvalue weighted by Gasteiger charge is 2.04. The van der Waals surface area contributed by atoms with Crippen LogP contribution in [0.1, 0.15) is 18.4 Å². The van der Waals surface area contributed by atoms with E-state index >= 15 is 0 Å². The van der Waals surface area contributed by atoms with Crippen LogP contribution >= 0.6 is 11.6 Å². The molecule has 0 spiro atoms. The highest BCUT2D eigenvalue weighted by Crippen LogP contribution is 2.15. The van der Waals surface area contributed by atoms with Gasteiger partial charge in [-0.2, -0.15) is 0 Å². The van der Waals surface area contributed by atoms with Gasteiger partial charge in [0.05, 0.1) is 7.11 Å². The van der Waals surface area contributed by atoms with Gasteiger partial charge in [0.1, 0.15) is 6.29 Å². The molecule has 0 fully saturated rings. The third-order valence-corrected chi connectivity index (χ3v) is 2.68. The molecule has 0 amide bonds. The number of hydrogen-bond donors (Lipinski definition) is 1. The van der Waals surface area contributed by atoms with Gasteiger partial charge in [0.15, 0.2) is 0 Å². The SMILES string of the molecule is COC(=O)/C=C(\NCCCC=O)c1ccc(Cl)cc1. The van der Waals surface area contributed by atoms with Crippen molar-refractivity contribution in [3.63, 3.8) is 0 Å². The second kappa shape index (κ2) is 8.32. The molecule has 1 aromatic rings. The lowest BCUT2D eigenvalue weighted by atomic mass is 10.1. The number of halogens is 1. The van der Waals surface area contributed by atoms with Crippen molar-refractivity contribution in [3.05, 3.63) is 40.9 Å². The van der Waals surface area contributed by atoms with Crippen molar-refractivity contribution in [2.24, 2.45) is 0 Å². The molecule has 1 aromatic carbocycles. The van der Waals surface area contributed by atoms with E-state index in [9.17, 15) is 9.59 Å². The van der Waals surface area contributed by atoms with Crippen molar-refractivity contribution < 1.29 is 14.3 Å². The molecule has 0 aliphatic rings. The first-order valence-electron chi connectivity index (χ1n) is 5.90. The summed E-state index contributed by atoms with van der Waals surface area (Å²) < 4.78 is 4.62. The average molecular weight is 282 g/mol. The highest BCUT2D eigenvalue weighted by atomic mass is 35.5. The van der Waals surface area contributed by atoms with Crippen molar-refractivity contribution in [3.8, 4) is 0 Å². The van der Waals surface area contributed by atoms with Crippen molar-refractivity contribution in [1.82, 2.24) is 5.32 Å². The van der Waals surface area contributed by atoms with Gasteiger partial charge < -0.3 is 14.8 Å². The van der Waals surface area contributed by atoms with Crippen LogP contribution in [0.2, 0.25) is 5.02 Å². The quantitative estimate of drug-likeness (QED) is 0.361.